The van der Waals surface area contributed by atoms with E-state index in [-0.39, 0.29) is 0 Å². The number of hydrogen-bond donors (Lipinski definition) is 0. The topological polar surface area (TPSA) is 0 Å². The highest BCUT2D eigenvalue weighted by molar-refractivity contribution is 6.77. The van der Waals surface area contributed by atoms with Gasteiger partial charge in [0.15, 0.2) is 0 Å². The molecule has 0 spiro atoms. The zero-order valence-electron chi connectivity index (χ0n) is 8.46. The Labute approximate surface area is 81.9 Å². The zero-order valence-corrected chi connectivity index (χ0v) is 9.62. The Balaban J connectivity index is 2.53. The zero-order chi connectivity index (χ0) is 9.42. The van der Waals surface area contributed by atoms with Crippen molar-refractivity contribution < 1.29 is 0 Å². The molecule has 0 saturated heterocycles. The Morgan fingerprint density at radius 1 is 1.08 bits per heavy atom. The minimum absolute atomic E-state index is 0.670. The summed E-state index contributed by atoms with van der Waals surface area (Å²) in [6, 6.07) is 8.72. The lowest BCUT2D eigenvalue weighted by Gasteiger charge is -2.08. The van der Waals surface area contributed by atoms with Gasteiger partial charge in [0.1, 0.15) is 0 Å². The van der Waals surface area contributed by atoms with E-state index >= 15 is 0 Å². The second kappa shape index (κ2) is 3.15. The van der Waals surface area contributed by atoms with Crippen molar-refractivity contribution in [2.45, 2.75) is 20.0 Å². The molecule has 0 amide bonds. The van der Waals surface area contributed by atoms with Gasteiger partial charge in [0.2, 0.25) is 0 Å². The molecule has 0 fully saturated rings. The second-order valence-electron chi connectivity index (χ2n) is 3.98. The molecule has 1 aromatic carbocycles. The summed E-state index contributed by atoms with van der Waals surface area (Å²) >= 11 is 0. The Kier molecular flexibility index (Phi) is 2.12. The van der Waals surface area contributed by atoms with Gasteiger partial charge in [0, 0.05) is 6.42 Å². The quantitative estimate of drug-likeness (QED) is 0.593. The largest absolute Gasteiger partial charge is 0.0682 e. The summed E-state index contributed by atoms with van der Waals surface area (Å²) in [5, 5.41) is 1.65. The average Bonchev–Trinajstić information content (AvgIpc) is 2.39. The van der Waals surface area contributed by atoms with E-state index in [1.807, 2.05) is 0 Å². The van der Waals surface area contributed by atoms with Crippen molar-refractivity contribution in [2.75, 3.05) is 0 Å². The average molecular weight is 187 g/mol. The van der Waals surface area contributed by atoms with Gasteiger partial charge in [0.25, 0.3) is 0 Å². The highest BCUT2D eigenvalue weighted by Gasteiger charge is 2.20. The molecule has 1 radical (unpaired) electrons. The number of allylic oxidation sites excluding steroid dienone is 1. The number of benzene rings is 1. The van der Waals surface area contributed by atoms with Crippen LogP contribution in [0.5, 0.6) is 0 Å². The van der Waals surface area contributed by atoms with Gasteiger partial charge in [-0.05, 0) is 18.1 Å². The van der Waals surface area contributed by atoms with Crippen LogP contribution in [0.25, 0.3) is 5.20 Å². The predicted molar refractivity (Wildman–Crippen MR) is 61.3 cm³/mol. The SMILES string of the molecule is CC1=C([SiH](C)C)c2ccccc2[CH]1. The summed E-state index contributed by atoms with van der Waals surface area (Å²) in [5.41, 5.74) is 4.39. The summed E-state index contributed by atoms with van der Waals surface area (Å²) in [6.07, 6.45) is 2.32. The third-order valence-corrected chi connectivity index (χ3v) is 4.55. The lowest BCUT2D eigenvalue weighted by molar-refractivity contribution is 1.45. The number of hydrogen-bond acceptors (Lipinski definition) is 0. The Bertz CT molecular complexity index is 361. The van der Waals surface area contributed by atoms with Gasteiger partial charge in [0.05, 0.1) is 8.80 Å². The fraction of sp³-hybridized carbons (Fsp3) is 0.250. The first-order valence-electron chi connectivity index (χ1n) is 4.85. The molecule has 67 valence electrons. The summed E-state index contributed by atoms with van der Waals surface area (Å²) in [7, 11) is -0.670. The fourth-order valence-electron chi connectivity index (χ4n) is 2.16. The molecule has 0 nitrogen and oxygen atoms in total. The lowest BCUT2D eigenvalue weighted by atomic mass is 10.1. The molecule has 0 bridgehead atoms. The third-order valence-electron chi connectivity index (χ3n) is 2.63. The van der Waals surface area contributed by atoms with Gasteiger partial charge in [-0.15, -0.1) is 0 Å². The monoisotopic (exact) mass is 187 g/mol. The first-order valence-corrected chi connectivity index (χ1v) is 7.73. The van der Waals surface area contributed by atoms with Gasteiger partial charge in [-0.1, -0.05) is 48.1 Å². The highest BCUT2D eigenvalue weighted by Crippen LogP contribution is 2.35. The van der Waals surface area contributed by atoms with Crippen molar-refractivity contribution in [3.8, 4) is 0 Å². The Hall–Kier alpha value is -0.823. The van der Waals surface area contributed by atoms with Crippen molar-refractivity contribution in [2.24, 2.45) is 0 Å². The molecular formula is C12H15Si. The van der Waals surface area contributed by atoms with Gasteiger partial charge in [-0.3, -0.25) is 0 Å². The van der Waals surface area contributed by atoms with Crippen LogP contribution in [0.3, 0.4) is 0 Å². The molecule has 1 aliphatic rings. The smallest absolute Gasteiger partial charge is 0.0654 e. The van der Waals surface area contributed by atoms with Gasteiger partial charge in [-0.2, -0.15) is 0 Å². The Morgan fingerprint density at radius 3 is 2.46 bits per heavy atom. The molecule has 1 aliphatic carbocycles. The minimum atomic E-state index is -0.670. The molecule has 0 atom stereocenters. The van der Waals surface area contributed by atoms with E-state index in [1.165, 1.54) is 16.7 Å². The molecule has 0 saturated carbocycles. The molecule has 0 aliphatic heterocycles. The first kappa shape index (κ1) is 8.76. The molecule has 0 N–H and O–H groups in total. The van der Waals surface area contributed by atoms with E-state index < -0.39 is 8.80 Å². The maximum absolute atomic E-state index is 2.40. The molecule has 0 aromatic heterocycles. The second-order valence-corrected chi connectivity index (χ2v) is 6.87. The van der Waals surface area contributed by atoms with E-state index in [0.717, 1.165) is 0 Å². The van der Waals surface area contributed by atoms with Crippen LogP contribution in [0.2, 0.25) is 13.1 Å². The molecule has 1 heteroatoms. The normalized spacial score (nSPS) is 15.4. The van der Waals surface area contributed by atoms with Crippen molar-refractivity contribution in [3.05, 3.63) is 47.4 Å². The molecular weight excluding hydrogens is 172 g/mol. The van der Waals surface area contributed by atoms with Crippen molar-refractivity contribution >= 4 is 14.0 Å². The minimum Gasteiger partial charge on any atom is -0.0682 e. The Morgan fingerprint density at radius 2 is 1.77 bits per heavy atom. The van der Waals surface area contributed by atoms with Crippen LogP contribution in [0.4, 0.5) is 0 Å². The van der Waals surface area contributed by atoms with Crippen molar-refractivity contribution in [1.82, 2.24) is 0 Å². The van der Waals surface area contributed by atoms with E-state index in [0.29, 0.717) is 0 Å². The van der Waals surface area contributed by atoms with E-state index in [2.05, 4.69) is 50.7 Å². The van der Waals surface area contributed by atoms with Crippen LogP contribution in [0.15, 0.2) is 29.8 Å². The van der Waals surface area contributed by atoms with Crippen LogP contribution >= 0.6 is 0 Å². The molecule has 0 heterocycles. The van der Waals surface area contributed by atoms with E-state index in [4.69, 9.17) is 0 Å². The fourth-order valence-corrected chi connectivity index (χ4v) is 4.04. The molecule has 1 aromatic rings. The van der Waals surface area contributed by atoms with Gasteiger partial charge >= 0.3 is 0 Å². The summed E-state index contributed by atoms with van der Waals surface area (Å²) in [4.78, 5) is 0. The molecule has 13 heavy (non-hydrogen) atoms. The predicted octanol–water partition coefficient (Wildman–Crippen LogP) is 3.05. The standard InChI is InChI=1S/C12H15Si/c1-9-8-10-6-4-5-7-11(10)12(9)13(2)3/h4-8,13H,1-3H3. The van der Waals surface area contributed by atoms with E-state index in [1.54, 1.807) is 5.20 Å². The van der Waals surface area contributed by atoms with Crippen molar-refractivity contribution in [3.63, 3.8) is 0 Å². The van der Waals surface area contributed by atoms with Crippen LogP contribution in [0, 0.1) is 6.42 Å². The van der Waals surface area contributed by atoms with Gasteiger partial charge < -0.3 is 0 Å². The van der Waals surface area contributed by atoms with Crippen LogP contribution in [-0.4, -0.2) is 8.80 Å². The van der Waals surface area contributed by atoms with Gasteiger partial charge in [-0.25, -0.2) is 0 Å². The van der Waals surface area contributed by atoms with Crippen LogP contribution < -0.4 is 0 Å². The number of fused-ring (bicyclic) bond motifs is 1. The van der Waals surface area contributed by atoms with Crippen LogP contribution in [0.1, 0.15) is 18.1 Å². The highest BCUT2D eigenvalue weighted by atomic mass is 28.3. The molecule has 2 rings (SSSR count). The maximum Gasteiger partial charge on any atom is 0.0654 e. The lowest BCUT2D eigenvalue weighted by Crippen LogP contribution is -2.04. The number of rotatable bonds is 1. The molecule has 0 unspecified atom stereocenters. The third kappa shape index (κ3) is 1.37. The van der Waals surface area contributed by atoms with Crippen molar-refractivity contribution in [1.29, 1.82) is 0 Å². The van der Waals surface area contributed by atoms with Crippen LogP contribution in [-0.2, 0) is 0 Å². The first-order chi connectivity index (χ1) is 6.20. The summed E-state index contributed by atoms with van der Waals surface area (Å²) in [5.74, 6) is 0. The summed E-state index contributed by atoms with van der Waals surface area (Å²) < 4.78 is 0. The maximum atomic E-state index is 2.40. The van der Waals surface area contributed by atoms with E-state index in [9.17, 15) is 0 Å². The summed E-state index contributed by atoms with van der Waals surface area (Å²) in [6.45, 7) is 7.03.